The lowest BCUT2D eigenvalue weighted by Crippen LogP contribution is -2.32. The Labute approximate surface area is 213 Å². The Bertz CT molecular complexity index is 1430. The van der Waals surface area contributed by atoms with Gasteiger partial charge in [-0.2, -0.15) is 0 Å². The molecule has 0 unspecified atom stereocenters. The third-order valence-corrected chi connectivity index (χ3v) is 7.08. The number of hydrogen-bond acceptors (Lipinski definition) is 6. The van der Waals surface area contributed by atoms with Crippen molar-refractivity contribution < 1.29 is 9.59 Å². The van der Waals surface area contributed by atoms with E-state index in [0.717, 1.165) is 38.7 Å². The van der Waals surface area contributed by atoms with Gasteiger partial charge in [0.15, 0.2) is 11.0 Å². The first-order chi connectivity index (χ1) is 17.5. The summed E-state index contributed by atoms with van der Waals surface area (Å²) in [6.45, 7) is 7.00. The van der Waals surface area contributed by atoms with Crippen molar-refractivity contribution in [2.75, 3.05) is 18.8 Å². The van der Waals surface area contributed by atoms with Crippen LogP contribution in [0.1, 0.15) is 12.0 Å². The lowest BCUT2D eigenvalue weighted by molar-refractivity contribution is -0.124. The number of carbonyl (C=O) groups excluding carboxylic acids is 2. The molecular formula is C27H26N6O2S. The van der Waals surface area contributed by atoms with Gasteiger partial charge in [-0.15, -0.1) is 16.8 Å². The summed E-state index contributed by atoms with van der Waals surface area (Å²) in [6.07, 6.45) is 2.49. The molecule has 0 aliphatic carbocycles. The predicted octanol–water partition coefficient (Wildman–Crippen LogP) is 4.69. The number of urea groups is 1. The highest BCUT2D eigenvalue weighted by Crippen LogP contribution is 2.33. The van der Waals surface area contributed by atoms with Gasteiger partial charge in [-0.25, -0.2) is 9.78 Å². The number of amides is 3. The number of allylic oxidation sites excluding steroid dienone is 1. The Morgan fingerprint density at radius 2 is 1.92 bits per heavy atom. The van der Waals surface area contributed by atoms with Crippen molar-refractivity contribution in [3.8, 4) is 22.6 Å². The topological polar surface area (TPSA) is 93.0 Å². The molecule has 1 aliphatic heterocycles. The fourth-order valence-electron chi connectivity index (χ4n) is 4.19. The Morgan fingerprint density at radius 1 is 1.11 bits per heavy atom. The third kappa shape index (κ3) is 4.74. The summed E-state index contributed by atoms with van der Waals surface area (Å²) >= 11 is 1.55. The summed E-state index contributed by atoms with van der Waals surface area (Å²) in [5.74, 6) is 1.26. The van der Waals surface area contributed by atoms with Crippen molar-refractivity contribution in [2.45, 2.75) is 25.0 Å². The smallest absolute Gasteiger partial charge is 0.324 e. The maximum absolute atomic E-state index is 11.8. The lowest BCUT2D eigenvalue weighted by atomic mass is 10.0. The van der Waals surface area contributed by atoms with E-state index < -0.39 is 0 Å². The molecule has 5 rings (SSSR count). The average Bonchev–Trinajstić information content (AvgIpc) is 3.44. The first kappa shape index (κ1) is 23.7. The van der Waals surface area contributed by atoms with Gasteiger partial charge >= 0.3 is 6.03 Å². The maximum atomic E-state index is 11.8. The minimum absolute atomic E-state index is 0.0768. The fourth-order valence-corrected chi connectivity index (χ4v) is 5.06. The summed E-state index contributed by atoms with van der Waals surface area (Å²) in [5, 5.41) is 13.4. The summed E-state index contributed by atoms with van der Waals surface area (Å²) in [7, 11) is 0. The lowest BCUT2D eigenvalue weighted by Gasteiger charge is -2.13. The molecule has 4 aromatic rings. The number of hydrogen-bond donors (Lipinski definition) is 1. The second kappa shape index (κ2) is 10.3. The van der Waals surface area contributed by atoms with Gasteiger partial charge in [0.2, 0.25) is 5.91 Å². The van der Waals surface area contributed by atoms with Crippen LogP contribution in [0.5, 0.6) is 0 Å². The molecule has 1 saturated heterocycles. The minimum atomic E-state index is -0.323. The zero-order valence-corrected chi connectivity index (χ0v) is 20.8. The van der Waals surface area contributed by atoms with Crippen molar-refractivity contribution in [3.63, 3.8) is 0 Å². The second-order valence-electron chi connectivity index (χ2n) is 8.55. The van der Waals surface area contributed by atoms with Crippen LogP contribution in [0.3, 0.4) is 0 Å². The molecule has 182 valence electrons. The highest BCUT2D eigenvalue weighted by atomic mass is 32.2. The number of pyridine rings is 1. The average molecular weight is 499 g/mol. The van der Waals surface area contributed by atoms with Crippen molar-refractivity contribution in [1.29, 1.82) is 0 Å². The molecule has 9 heteroatoms. The number of para-hydroxylation sites is 1. The number of imide groups is 1. The van der Waals surface area contributed by atoms with Gasteiger partial charge in [0, 0.05) is 35.4 Å². The summed E-state index contributed by atoms with van der Waals surface area (Å²) < 4.78 is 2.05. The molecule has 0 spiro atoms. The minimum Gasteiger partial charge on any atom is -0.329 e. The number of fused-ring (bicyclic) bond motifs is 1. The van der Waals surface area contributed by atoms with Crippen molar-refractivity contribution in [2.24, 2.45) is 0 Å². The zero-order valence-electron chi connectivity index (χ0n) is 20.0. The highest BCUT2D eigenvalue weighted by Gasteiger charge is 2.27. The summed E-state index contributed by atoms with van der Waals surface area (Å²) in [5.41, 5.74) is 4.96. The van der Waals surface area contributed by atoms with Crippen LogP contribution in [0.25, 0.3) is 33.5 Å². The summed E-state index contributed by atoms with van der Waals surface area (Å²) in [6, 6.07) is 18.1. The molecule has 3 heterocycles. The van der Waals surface area contributed by atoms with E-state index in [1.807, 2.05) is 28.8 Å². The number of aromatic nitrogens is 4. The van der Waals surface area contributed by atoms with Crippen molar-refractivity contribution in [1.82, 2.24) is 30.0 Å². The van der Waals surface area contributed by atoms with E-state index in [1.54, 1.807) is 11.8 Å². The first-order valence-electron chi connectivity index (χ1n) is 11.8. The third-order valence-electron chi connectivity index (χ3n) is 6.03. The fraction of sp³-hybridized carbons (Fsp3) is 0.222. The SMILES string of the molecule is C=CCn1c(SCCCN2C(=O)CNC2=O)nnc1-c1cc(-c2ccc(C)cc2)nc2ccccc12. The number of rotatable bonds is 9. The Morgan fingerprint density at radius 3 is 2.67 bits per heavy atom. The van der Waals surface area contributed by atoms with Gasteiger partial charge in [-0.1, -0.05) is 65.9 Å². The van der Waals surface area contributed by atoms with Crippen LogP contribution in [0, 0.1) is 6.92 Å². The standard InChI is InChI=1S/C27H26N6O2S/c1-3-13-33-25(30-31-27(33)36-15-6-14-32-24(34)17-28-26(32)35)21-16-23(19-11-9-18(2)10-12-19)29-22-8-5-4-7-20(21)22/h3-5,7-12,16H,1,6,13-15,17H2,2H3,(H,28,35). The molecule has 2 aromatic heterocycles. The Hall–Kier alpha value is -3.98. The van der Waals surface area contributed by atoms with Crippen LogP contribution in [-0.4, -0.2) is 55.4 Å². The first-order valence-corrected chi connectivity index (χ1v) is 12.8. The molecule has 1 aliphatic rings. The molecule has 8 nitrogen and oxygen atoms in total. The molecule has 3 amide bonds. The van der Waals surface area contributed by atoms with E-state index in [-0.39, 0.29) is 18.5 Å². The van der Waals surface area contributed by atoms with Gasteiger partial charge in [-0.3, -0.25) is 14.3 Å². The molecule has 36 heavy (non-hydrogen) atoms. The van der Waals surface area contributed by atoms with Crippen LogP contribution in [0.15, 0.2) is 72.4 Å². The Balaban J connectivity index is 1.45. The monoisotopic (exact) mass is 498 g/mol. The van der Waals surface area contributed by atoms with Gasteiger partial charge in [0.25, 0.3) is 0 Å². The quantitative estimate of drug-likeness (QED) is 0.156. The van der Waals surface area contributed by atoms with Crippen LogP contribution in [0.2, 0.25) is 0 Å². The van der Waals surface area contributed by atoms with Gasteiger partial charge < -0.3 is 5.32 Å². The maximum Gasteiger partial charge on any atom is 0.324 e. The van der Waals surface area contributed by atoms with Crippen LogP contribution in [-0.2, 0) is 11.3 Å². The highest BCUT2D eigenvalue weighted by molar-refractivity contribution is 7.99. The van der Waals surface area contributed by atoms with Gasteiger partial charge in [-0.05, 0) is 25.5 Å². The summed E-state index contributed by atoms with van der Waals surface area (Å²) in [4.78, 5) is 29.7. The van der Waals surface area contributed by atoms with E-state index in [4.69, 9.17) is 4.98 Å². The molecule has 0 radical (unpaired) electrons. The largest absolute Gasteiger partial charge is 0.329 e. The molecule has 0 atom stereocenters. The van der Waals surface area contributed by atoms with Crippen LogP contribution >= 0.6 is 11.8 Å². The number of benzene rings is 2. The van der Waals surface area contributed by atoms with E-state index in [1.165, 1.54) is 10.5 Å². The van der Waals surface area contributed by atoms with E-state index in [2.05, 4.69) is 65.4 Å². The van der Waals surface area contributed by atoms with Crippen molar-refractivity contribution >= 4 is 34.6 Å². The van der Waals surface area contributed by atoms with Crippen molar-refractivity contribution in [3.05, 3.63) is 72.8 Å². The number of aryl methyl sites for hydroxylation is 1. The molecule has 1 fully saturated rings. The second-order valence-corrected chi connectivity index (χ2v) is 9.61. The molecule has 2 aromatic carbocycles. The van der Waals surface area contributed by atoms with E-state index >= 15 is 0 Å². The normalized spacial score (nSPS) is 13.4. The number of thioether (sulfide) groups is 1. The predicted molar refractivity (Wildman–Crippen MR) is 142 cm³/mol. The molecule has 0 saturated carbocycles. The number of carbonyl (C=O) groups is 2. The Kier molecular flexibility index (Phi) is 6.81. The zero-order chi connectivity index (χ0) is 25.1. The van der Waals surface area contributed by atoms with E-state index in [9.17, 15) is 9.59 Å². The van der Waals surface area contributed by atoms with E-state index in [0.29, 0.717) is 25.3 Å². The number of nitrogens with zero attached hydrogens (tertiary/aromatic N) is 5. The number of nitrogens with one attached hydrogen (secondary N) is 1. The molecular weight excluding hydrogens is 472 g/mol. The van der Waals surface area contributed by atoms with Gasteiger partial charge in [0.1, 0.15) is 0 Å². The van der Waals surface area contributed by atoms with Gasteiger partial charge in [0.05, 0.1) is 17.8 Å². The molecule has 0 bridgehead atoms. The van der Waals surface area contributed by atoms with Crippen LogP contribution < -0.4 is 5.32 Å². The van der Waals surface area contributed by atoms with Crippen LogP contribution in [0.4, 0.5) is 4.79 Å². The molecule has 1 N–H and O–H groups in total.